The van der Waals surface area contributed by atoms with Crippen LogP contribution in [0.15, 0.2) is 35.5 Å². The maximum atomic E-state index is 11.8. The summed E-state index contributed by atoms with van der Waals surface area (Å²) >= 11 is 0. The topological polar surface area (TPSA) is 87.0 Å². The van der Waals surface area contributed by atoms with Crippen LogP contribution < -0.4 is 0 Å². The van der Waals surface area contributed by atoms with Gasteiger partial charge in [-0.1, -0.05) is 38.2 Å². The predicted molar refractivity (Wildman–Crippen MR) is 128 cm³/mol. The standard InChI is InChI=1S/C28H42O5/c1-17(7-10-22-16-28(4,32)26(31)33-22)23-11-12-24-19(6-5-13-27(23,24)3)8-9-20-14-21(29)15-25(30)18(20)2/h8-9,17,21-25,29-30,32H,2,5-7,10-16H2,1,3-4H3/b19-8+,20-9-/t17-,21-,22+,23?,24+,25+,27-,28?/m1/s1. The lowest BCUT2D eigenvalue weighted by atomic mass is 9.60. The van der Waals surface area contributed by atoms with Crippen molar-refractivity contribution in [1.82, 2.24) is 0 Å². The molecule has 4 fully saturated rings. The lowest BCUT2D eigenvalue weighted by molar-refractivity contribution is -0.153. The van der Waals surface area contributed by atoms with Gasteiger partial charge in [0, 0.05) is 12.8 Å². The largest absolute Gasteiger partial charge is 0.460 e. The summed E-state index contributed by atoms with van der Waals surface area (Å²) in [4.78, 5) is 11.8. The van der Waals surface area contributed by atoms with Crippen LogP contribution in [0.3, 0.4) is 0 Å². The molecule has 5 nitrogen and oxygen atoms in total. The zero-order valence-corrected chi connectivity index (χ0v) is 20.6. The number of hydrogen-bond acceptors (Lipinski definition) is 5. The first-order valence-corrected chi connectivity index (χ1v) is 12.9. The van der Waals surface area contributed by atoms with Gasteiger partial charge in [-0.05, 0) is 92.6 Å². The number of esters is 1. The summed E-state index contributed by atoms with van der Waals surface area (Å²) in [5.41, 5.74) is 2.19. The molecule has 4 aliphatic rings. The van der Waals surface area contributed by atoms with E-state index < -0.39 is 23.8 Å². The Bertz CT molecular complexity index is 839. The highest BCUT2D eigenvalue weighted by atomic mass is 16.6. The van der Waals surface area contributed by atoms with Gasteiger partial charge in [-0.15, -0.1) is 0 Å². The summed E-state index contributed by atoms with van der Waals surface area (Å²) < 4.78 is 5.40. The van der Waals surface area contributed by atoms with Gasteiger partial charge in [0.15, 0.2) is 5.60 Å². The van der Waals surface area contributed by atoms with E-state index >= 15 is 0 Å². The molecular formula is C28H42O5. The molecule has 0 aromatic rings. The molecule has 33 heavy (non-hydrogen) atoms. The van der Waals surface area contributed by atoms with Gasteiger partial charge in [0.05, 0.1) is 12.2 Å². The minimum absolute atomic E-state index is 0.164. The third-order valence-corrected chi connectivity index (χ3v) is 9.27. The summed E-state index contributed by atoms with van der Waals surface area (Å²) in [5, 5.41) is 30.3. The predicted octanol–water partition coefficient (Wildman–Crippen LogP) is 4.61. The zero-order chi connectivity index (χ0) is 24.0. The SMILES string of the molecule is C=C1/C(=C\C=C2/CCC[C@]3(C)C([C@H](C)CC[C@H]4CC(C)(O)C(=O)O4)CC[C@@H]23)C[C@@H](O)C[C@@H]1O. The van der Waals surface area contributed by atoms with E-state index in [0.717, 1.165) is 30.4 Å². The molecule has 0 spiro atoms. The molecule has 2 unspecified atom stereocenters. The fourth-order valence-electron chi connectivity index (χ4n) is 7.34. The fraction of sp³-hybridized carbons (Fsp3) is 0.750. The van der Waals surface area contributed by atoms with Gasteiger partial charge < -0.3 is 20.1 Å². The smallest absolute Gasteiger partial charge is 0.338 e. The number of fused-ring (bicyclic) bond motifs is 1. The number of carbonyl (C=O) groups excluding carboxylic acids is 1. The molecule has 0 radical (unpaired) electrons. The molecular weight excluding hydrogens is 416 g/mol. The van der Waals surface area contributed by atoms with Crippen LogP contribution in [0.25, 0.3) is 0 Å². The number of rotatable bonds is 5. The lowest BCUT2D eigenvalue weighted by Crippen LogP contribution is -2.36. The fourth-order valence-corrected chi connectivity index (χ4v) is 7.34. The van der Waals surface area contributed by atoms with Gasteiger partial charge in [0.2, 0.25) is 0 Å². The Hall–Kier alpha value is -1.43. The molecule has 0 amide bonds. The summed E-state index contributed by atoms with van der Waals surface area (Å²) in [6, 6.07) is 0. The molecule has 1 saturated heterocycles. The second-order valence-corrected chi connectivity index (χ2v) is 11.7. The third kappa shape index (κ3) is 4.87. The van der Waals surface area contributed by atoms with E-state index in [1.807, 2.05) is 0 Å². The second kappa shape index (κ2) is 9.31. The molecule has 1 heterocycles. The lowest BCUT2D eigenvalue weighted by Gasteiger charge is -2.44. The Kier molecular flexibility index (Phi) is 6.97. The Balaban J connectivity index is 1.42. The molecule has 184 valence electrons. The minimum atomic E-state index is -1.33. The van der Waals surface area contributed by atoms with Crippen molar-refractivity contribution in [2.24, 2.45) is 23.2 Å². The van der Waals surface area contributed by atoms with Crippen LogP contribution in [0, 0.1) is 23.2 Å². The van der Waals surface area contributed by atoms with E-state index in [0.29, 0.717) is 37.0 Å². The van der Waals surface area contributed by atoms with Crippen molar-refractivity contribution in [1.29, 1.82) is 0 Å². The molecule has 3 aliphatic carbocycles. The Morgan fingerprint density at radius 2 is 2.00 bits per heavy atom. The molecule has 5 heteroatoms. The summed E-state index contributed by atoms with van der Waals surface area (Å²) in [5.74, 6) is 1.28. The van der Waals surface area contributed by atoms with Crippen LogP contribution in [0.5, 0.6) is 0 Å². The maximum absolute atomic E-state index is 11.8. The van der Waals surface area contributed by atoms with E-state index in [1.54, 1.807) is 6.92 Å². The Labute approximate surface area is 198 Å². The van der Waals surface area contributed by atoms with E-state index in [9.17, 15) is 20.1 Å². The Morgan fingerprint density at radius 3 is 2.70 bits per heavy atom. The van der Waals surface area contributed by atoms with Crippen LogP contribution >= 0.6 is 0 Å². The first-order valence-electron chi connectivity index (χ1n) is 12.9. The number of hydrogen-bond donors (Lipinski definition) is 3. The van der Waals surface area contributed by atoms with Crippen LogP contribution in [-0.4, -0.2) is 45.2 Å². The molecule has 0 aromatic carbocycles. The number of ether oxygens (including phenoxy) is 1. The summed E-state index contributed by atoms with van der Waals surface area (Å²) in [6.07, 6.45) is 12.2. The van der Waals surface area contributed by atoms with Crippen molar-refractivity contribution in [2.45, 2.75) is 109 Å². The van der Waals surface area contributed by atoms with Crippen molar-refractivity contribution in [2.75, 3.05) is 0 Å². The zero-order valence-electron chi connectivity index (χ0n) is 20.6. The molecule has 8 atom stereocenters. The highest BCUT2D eigenvalue weighted by Gasteiger charge is 2.51. The molecule has 3 N–H and O–H groups in total. The van der Waals surface area contributed by atoms with Crippen molar-refractivity contribution in [3.8, 4) is 0 Å². The normalized spacial score (nSPS) is 44.8. The van der Waals surface area contributed by atoms with Gasteiger partial charge in [-0.2, -0.15) is 0 Å². The molecule has 1 aliphatic heterocycles. The van der Waals surface area contributed by atoms with Gasteiger partial charge >= 0.3 is 5.97 Å². The summed E-state index contributed by atoms with van der Waals surface area (Å²) in [7, 11) is 0. The van der Waals surface area contributed by atoms with Crippen LogP contribution in [0.2, 0.25) is 0 Å². The average molecular weight is 459 g/mol. The second-order valence-electron chi connectivity index (χ2n) is 11.7. The summed E-state index contributed by atoms with van der Waals surface area (Å²) in [6.45, 7) is 10.4. The quantitative estimate of drug-likeness (QED) is 0.524. The third-order valence-electron chi connectivity index (χ3n) is 9.27. The first kappa shape index (κ1) is 24.7. The number of carbonyl (C=O) groups is 1. The van der Waals surface area contributed by atoms with E-state index in [1.165, 1.54) is 31.3 Å². The first-order chi connectivity index (χ1) is 15.5. The van der Waals surface area contributed by atoms with Crippen LogP contribution in [0.4, 0.5) is 0 Å². The number of aliphatic hydroxyl groups excluding tert-OH is 2. The molecule has 0 bridgehead atoms. The Morgan fingerprint density at radius 1 is 1.24 bits per heavy atom. The van der Waals surface area contributed by atoms with Crippen molar-refractivity contribution in [3.63, 3.8) is 0 Å². The number of aliphatic hydroxyl groups is 3. The average Bonchev–Trinajstić information content (AvgIpc) is 3.23. The highest BCUT2D eigenvalue weighted by Crippen LogP contribution is 2.60. The molecule has 4 rings (SSSR count). The van der Waals surface area contributed by atoms with Gasteiger partial charge in [0.1, 0.15) is 6.10 Å². The molecule has 3 saturated carbocycles. The highest BCUT2D eigenvalue weighted by molar-refractivity contribution is 5.80. The van der Waals surface area contributed by atoms with Crippen molar-refractivity contribution < 1.29 is 24.9 Å². The van der Waals surface area contributed by atoms with Gasteiger partial charge in [-0.3, -0.25) is 0 Å². The minimum Gasteiger partial charge on any atom is -0.460 e. The van der Waals surface area contributed by atoms with Crippen molar-refractivity contribution in [3.05, 3.63) is 35.5 Å². The number of cyclic esters (lactones) is 1. The van der Waals surface area contributed by atoms with Crippen LogP contribution in [0.1, 0.15) is 85.0 Å². The van der Waals surface area contributed by atoms with E-state index in [4.69, 9.17) is 4.74 Å². The molecule has 0 aromatic heterocycles. The van der Waals surface area contributed by atoms with Crippen LogP contribution in [-0.2, 0) is 9.53 Å². The van der Waals surface area contributed by atoms with Crippen molar-refractivity contribution >= 4 is 5.97 Å². The van der Waals surface area contributed by atoms with E-state index in [-0.39, 0.29) is 11.5 Å². The van der Waals surface area contributed by atoms with Gasteiger partial charge in [-0.25, -0.2) is 4.79 Å². The monoisotopic (exact) mass is 458 g/mol. The van der Waals surface area contributed by atoms with Gasteiger partial charge in [0.25, 0.3) is 0 Å². The maximum Gasteiger partial charge on any atom is 0.338 e. The number of allylic oxidation sites excluding steroid dienone is 3. The van der Waals surface area contributed by atoms with E-state index in [2.05, 4.69) is 32.6 Å².